The summed E-state index contributed by atoms with van der Waals surface area (Å²) >= 11 is 6.82. The zero-order valence-corrected chi connectivity index (χ0v) is 14.3. The van der Waals surface area contributed by atoms with Crippen molar-refractivity contribution < 1.29 is 4.79 Å². The number of rotatable bonds is 4. The number of carbonyl (C=O) groups excluding carboxylic acids is 1. The first-order chi connectivity index (χ1) is 9.56. The summed E-state index contributed by atoms with van der Waals surface area (Å²) in [5, 5.41) is 6.11. The number of nitrogens with one attached hydrogen (secondary N) is 2. The highest BCUT2D eigenvalue weighted by Gasteiger charge is 2.16. The Morgan fingerprint density at radius 3 is 1.60 bits per heavy atom. The molecule has 0 radical (unpaired) electrons. The van der Waals surface area contributed by atoms with Gasteiger partial charge >= 0.3 is 0 Å². The van der Waals surface area contributed by atoms with Gasteiger partial charge in [0, 0.05) is 45.5 Å². The van der Waals surface area contributed by atoms with E-state index < -0.39 is 0 Å². The summed E-state index contributed by atoms with van der Waals surface area (Å²) in [5.41, 5.74) is 2.90. The number of anilines is 2. The monoisotopic (exact) mass is 396 g/mol. The van der Waals surface area contributed by atoms with Gasteiger partial charge in [0.25, 0.3) is 0 Å². The number of carbonyl (C=O) groups is 1. The Kier molecular flexibility index (Phi) is 4.83. The summed E-state index contributed by atoms with van der Waals surface area (Å²) in [5.74, 6) is -0.0151. The molecule has 0 aliphatic carbocycles. The maximum absolute atomic E-state index is 12.7. The van der Waals surface area contributed by atoms with Crippen molar-refractivity contribution in [3.8, 4) is 0 Å². The van der Waals surface area contributed by atoms with E-state index in [0.717, 1.165) is 20.3 Å². The van der Waals surface area contributed by atoms with Gasteiger partial charge in [0.05, 0.1) is 0 Å². The van der Waals surface area contributed by atoms with Crippen LogP contribution in [0.3, 0.4) is 0 Å². The molecule has 2 aromatic carbocycles. The fraction of sp³-hybridized carbons (Fsp3) is 0.133. The zero-order chi connectivity index (χ0) is 14.7. The second-order valence-corrected chi connectivity index (χ2v) is 6.04. The Morgan fingerprint density at radius 1 is 0.850 bits per heavy atom. The SMILES string of the molecule is CNc1cc(Br)ccc1C(=O)c1ccc(Br)cc1NC. The van der Waals surface area contributed by atoms with Crippen LogP contribution in [-0.4, -0.2) is 19.9 Å². The predicted octanol–water partition coefficient (Wildman–Crippen LogP) is 4.53. The molecule has 2 rings (SSSR count). The number of hydrogen-bond donors (Lipinski definition) is 2. The van der Waals surface area contributed by atoms with Crippen LogP contribution < -0.4 is 10.6 Å². The van der Waals surface area contributed by atoms with E-state index in [0.29, 0.717) is 11.1 Å². The minimum absolute atomic E-state index is 0.0151. The molecule has 0 aliphatic heterocycles. The Labute approximate surface area is 135 Å². The highest BCUT2D eigenvalue weighted by molar-refractivity contribution is 9.10. The van der Waals surface area contributed by atoms with E-state index in [1.807, 2.05) is 36.4 Å². The molecule has 0 aromatic heterocycles. The van der Waals surface area contributed by atoms with E-state index in [1.165, 1.54) is 0 Å². The lowest BCUT2D eigenvalue weighted by molar-refractivity contribution is 0.104. The van der Waals surface area contributed by atoms with E-state index in [-0.39, 0.29) is 5.78 Å². The minimum atomic E-state index is -0.0151. The van der Waals surface area contributed by atoms with Crippen molar-refractivity contribution in [1.82, 2.24) is 0 Å². The van der Waals surface area contributed by atoms with Gasteiger partial charge in [0.2, 0.25) is 0 Å². The molecule has 0 saturated carbocycles. The molecule has 0 atom stereocenters. The first kappa shape index (κ1) is 15.1. The maximum atomic E-state index is 12.7. The average molecular weight is 398 g/mol. The molecule has 2 N–H and O–H groups in total. The molecule has 0 fully saturated rings. The van der Waals surface area contributed by atoms with Gasteiger partial charge in [-0.2, -0.15) is 0 Å². The molecule has 0 amide bonds. The van der Waals surface area contributed by atoms with Crippen LogP contribution in [0.5, 0.6) is 0 Å². The van der Waals surface area contributed by atoms with Gasteiger partial charge in [-0.25, -0.2) is 0 Å². The van der Waals surface area contributed by atoms with Crippen molar-refractivity contribution in [2.75, 3.05) is 24.7 Å². The number of halogens is 2. The molecule has 0 saturated heterocycles. The summed E-state index contributed by atoms with van der Waals surface area (Å²) < 4.78 is 1.87. The molecule has 0 aliphatic rings. The van der Waals surface area contributed by atoms with Gasteiger partial charge in [-0.05, 0) is 36.4 Å². The van der Waals surface area contributed by atoms with Crippen LogP contribution >= 0.6 is 31.9 Å². The van der Waals surface area contributed by atoms with E-state index >= 15 is 0 Å². The van der Waals surface area contributed by atoms with E-state index in [2.05, 4.69) is 42.5 Å². The van der Waals surface area contributed by atoms with Gasteiger partial charge in [-0.3, -0.25) is 4.79 Å². The van der Waals surface area contributed by atoms with Crippen molar-refractivity contribution in [1.29, 1.82) is 0 Å². The predicted molar refractivity (Wildman–Crippen MR) is 90.8 cm³/mol. The number of hydrogen-bond acceptors (Lipinski definition) is 3. The molecule has 2 aromatic rings. The van der Waals surface area contributed by atoms with Gasteiger partial charge < -0.3 is 10.6 Å². The normalized spacial score (nSPS) is 10.2. The third-order valence-corrected chi connectivity index (χ3v) is 3.98. The number of ketones is 1. The van der Waals surface area contributed by atoms with Crippen molar-refractivity contribution in [2.45, 2.75) is 0 Å². The van der Waals surface area contributed by atoms with Crippen molar-refractivity contribution in [2.24, 2.45) is 0 Å². The lowest BCUT2D eigenvalue weighted by Gasteiger charge is -2.12. The summed E-state index contributed by atoms with van der Waals surface area (Å²) in [6.45, 7) is 0. The topological polar surface area (TPSA) is 41.1 Å². The largest absolute Gasteiger partial charge is 0.387 e. The third kappa shape index (κ3) is 3.04. The molecule has 3 nitrogen and oxygen atoms in total. The van der Waals surface area contributed by atoms with E-state index in [4.69, 9.17) is 0 Å². The lowest BCUT2D eigenvalue weighted by atomic mass is 10.00. The van der Waals surface area contributed by atoms with Crippen LogP contribution in [0.25, 0.3) is 0 Å². The molecule has 0 heterocycles. The fourth-order valence-electron chi connectivity index (χ4n) is 1.99. The van der Waals surface area contributed by atoms with Crippen LogP contribution in [0.1, 0.15) is 15.9 Å². The Hall–Kier alpha value is -1.33. The summed E-state index contributed by atoms with van der Waals surface area (Å²) in [6.07, 6.45) is 0. The lowest BCUT2D eigenvalue weighted by Crippen LogP contribution is -2.08. The summed E-state index contributed by atoms with van der Waals surface area (Å²) in [7, 11) is 3.61. The highest BCUT2D eigenvalue weighted by atomic mass is 79.9. The first-order valence-electron chi connectivity index (χ1n) is 6.06. The quantitative estimate of drug-likeness (QED) is 0.745. The molecule has 0 unspecified atom stereocenters. The van der Waals surface area contributed by atoms with E-state index in [9.17, 15) is 4.79 Å². The molecule has 20 heavy (non-hydrogen) atoms. The molecular weight excluding hydrogens is 384 g/mol. The second-order valence-electron chi connectivity index (χ2n) is 4.21. The van der Waals surface area contributed by atoms with Gasteiger partial charge in [-0.15, -0.1) is 0 Å². The van der Waals surface area contributed by atoms with Crippen molar-refractivity contribution >= 4 is 49.0 Å². The first-order valence-corrected chi connectivity index (χ1v) is 7.64. The average Bonchev–Trinajstić information content (AvgIpc) is 2.46. The van der Waals surface area contributed by atoms with E-state index in [1.54, 1.807) is 14.1 Å². The van der Waals surface area contributed by atoms with Crippen LogP contribution in [-0.2, 0) is 0 Å². The minimum Gasteiger partial charge on any atom is -0.387 e. The van der Waals surface area contributed by atoms with Crippen molar-refractivity contribution in [3.63, 3.8) is 0 Å². The zero-order valence-electron chi connectivity index (χ0n) is 11.1. The van der Waals surface area contributed by atoms with Crippen LogP contribution in [0.15, 0.2) is 45.3 Å². The van der Waals surface area contributed by atoms with Crippen LogP contribution in [0, 0.1) is 0 Å². The molecule has 0 bridgehead atoms. The summed E-state index contributed by atoms with van der Waals surface area (Å²) in [6, 6.07) is 11.2. The fourth-order valence-corrected chi connectivity index (χ4v) is 2.71. The maximum Gasteiger partial charge on any atom is 0.197 e. The second kappa shape index (κ2) is 6.41. The van der Waals surface area contributed by atoms with Gasteiger partial charge in [0.1, 0.15) is 0 Å². The van der Waals surface area contributed by atoms with Crippen LogP contribution in [0.2, 0.25) is 0 Å². The highest BCUT2D eigenvalue weighted by Crippen LogP contribution is 2.28. The molecule has 104 valence electrons. The Bertz CT molecular complexity index is 601. The standard InChI is InChI=1S/C15H14Br2N2O/c1-18-13-7-9(16)3-5-11(13)15(20)12-6-4-10(17)8-14(12)19-2/h3-8,18-19H,1-2H3. The molecular formula is C15H14Br2N2O. The van der Waals surface area contributed by atoms with Gasteiger partial charge in [-0.1, -0.05) is 31.9 Å². The molecule has 5 heteroatoms. The van der Waals surface area contributed by atoms with Gasteiger partial charge in [0.15, 0.2) is 5.78 Å². The third-order valence-electron chi connectivity index (χ3n) is 2.99. The number of benzene rings is 2. The Balaban J connectivity index is 2.51. The Morgan fingerprint density at radius 2 is 1.25 bits per heavy atom. The summed E-state index contributed by atoms with van der Waals surface area (Å²) in [4.78, 5) is 12.7. The van der Waals surface area contributed by atoms with Crippen molar-refractivity contribution in [3.05, 3.63) is 56.5 Å². The van der Waals surface area contributed by atoms with Crippen LogP contribution in [0.4, 0.5) is 11.4 Å². The molecule has 0 spiro atoms. The smallest absolute Gasteiger partial charge is 0.197 e.